The molecule has 0 saturated heterocycles. The molecule has 202 valence electrons. The largest absolute Gasteiger partial charge is 0.369 e. The van der Waals surface area contributed by atoms with Crippen LogP contribution in [0.2, 0.25) is 0 Å². The van der Waals surface area contributed by atoms with E-state index in [1.165, 1.54) is 10.5 Å². The molecule has 0 radical (unpaired) electrons. The minimum atomic E-state index is -1.25. The predicted octanol–water partition coefficient (Wildman–Crippen LogP) is 6.52. The zero-order chi connectivity index (χ0) is 28.0. The van der Waals surface area contributed by atoms with Gasteiger partial charge in [-0.25, -0.2) is 4.99 Å². The molecule has 0 aliphatic carbocycles. The monoisotopic (exact) mass is 529 g/mol. The van der Waals surface area contributed by atoms with Gasteiger partial charge in [-0.05, 0) is 47.6 Å². The van der Waals surface area contributed by atoms with Crippen LogP contribution in [0.5, 0.6) is 0 Å². The second-order valence-corrected chi connectivity index (χ2v) is 10.4. The molecule has 0 saturated carbocycles. The Balaban J connectivity index is 1.38. The van der Waals surface area contributed by atoms with Gasteiger partial charge in [-0.2, -0.15) is 0 Å². The Hall–Kier alpha value is -4.51. The zero-order valence-corrected chi connectivity index (χ0v) is 22.9. The molecule has 0 fully saturated rings. The van der Waals surface area contributed by atoms with Crippen LogP contribution in [-0.2, 0) is 23.3 Å². The average Bonchev–Trinajstić information content (AvgIpc) is 3.26. The van der Waals surface area contributed by atoms with Gasteiger partial charge >= 0.3 is 0 Å². The number of carbonyl (C=O) groups excluding carboxylic acids is 2. The van der Waals surface area contributed by atoms with E-state index in [0.29, 0.717) is 5.56 Å². The van der Waals surface area contributed by atoms with Crippen LogP contribution in [0.3, 0.4) is 0 Å². The van der Waals surface area contributed by atoms with Crippen LogP contribution >= 0.6 is 0 Å². The number of guanidine groups is 1. The van der Waals surface area contributed by atoms with Crippen LogP contribution < -0.4 is 5.73 Å². The van der Waals surface area contributed by atoms with Crippen LogP contribution in [0.1, 0.15) is 58.8 Å². The molecule has 4 aromatic rings. The van der Waals surface area contributed by atoms with Crippen molar-refractivity contribution in [3.8, 4) is 0 Å². The molecule has 40 heavy (non-hydrogen) atoms. The van der Waals surface area contributed by atoms with Gasteiger partial charge in [-0.3, -0.25) is 14.5 Å². The third-order valence-electron chi connectivity index (χ3n) is 7.68. The fourth-order valence-corrected chi connectivity index (χ4v) is 5.62. The number of nitrogens with two attached hydrogens (primary N) is 1. The maximum atomic E-state index is 14.1. The average molecular weight is 530 g/mol. The van der Waals surface area contributed by atoms with Gasteiger partial charge in [0, 0.05) is 11.5 Å². The molecule has 1 unspecified atom stereocenters. The Labute approximate surface area is 236 Å². The van der Waals surface area contributed by atoms with E-state index in [1.807, 2.05) is 103 Å². The Morgan fingerprint density at radius 1 is 0.800 bits per heavy atom. The van der Waals surface area contributed by atoms with E-state index in [2.05, 4.69) is 19.1 Å². The van der Waals surface area contributed by atoms with Crippen LogP contribution in [0, 0.1) is 5.92 Å². The quantitative estimate of drug-likeness (QED) is 0.225. The van der Waals surface area contributed by atoms with Crippen molar-refractivity contribution in [2.75, 3.05) is 0 Å². The number of aryl methyl sites for hydroxylation is 1. The lowest BCUT2D eigenvalue weighted by Crippen LogP contribution is -2.43. The first-order valence-electron chi connectivity index (χ1n) is 14.0. The molecule has 0 spiro atoms. The number of hydrogen-bond donors (Lipinski definition) is 1. The summed E-state index contributed by atoms with van der Waals surface area (Å²) >= 11 is 0. The van der Waals surface area contributed by atoms with Crippen molar-refractivity contribution >= 4 is 17.6 Å². The number of aliphatic imine (C=N–C) groups is 1. The zero-order valence-electron chi connectivity index (χ0n) is 22.9. The summed E-state index contributed by atoms with van der Waals surface area (Å²) in [6, 6.07) is 37.0. The van der Waals surface area contributed by atoms with E-state index in [9.17, 15) is 9.59 Å². The lowest BCUT2D eigenvalue weighted by Gasteiger charge is -2.27. The van der Waals surface area contributed by atoms with E-state index in [0.717, 1.165) is 42.4 Å². The SMILES string of the molecule is CCCC(CCc1ccccc1)C(=O)c1cccc(CN2C(=O)C(c3ccccc3)(c3ccccc3)N=C2N)c1. The topological polar surface area (TPSA) is 75.8 Å². The third-order valence-corrected chi connectivity index (χ3v) is 7.68. The standard InChI is InChI=1S/C35H35N3O2/c1-2-13-28(23-22-26-14-6-3-7-15-26)32(39)29-17-12-16-27(24-29)25-38-33(40)35(37-34(38)36,30-18-8-4-9-19-30)31-20-10-5-11-21-31/h3-12,14-21,24,28H,2,13,22-23,25H2,1H3,(H2,36,37). The van der Waals surface area contributed by atoms with Crippen LogP contribution in [0.25, 0.3) is 0 Å². The Bertz CT molecular complexity index is 1440. The first-order chi connectivity index (χ1) is 19.5. The molecule has 1 atom stereocenters. The molecule has 1 amide bonds. The van der Waals surface area contributed by atoms with Crippen molar-refractivity contribution in [1.82, 2.24) is 4.90 Å². The molecule has 1 aliphatic heterocycles. The molecule has 5 rings (SSSR count). The normalized spacial score (nSPS) is 15.1. The molecule has 4 aromatic carbocycles. The van der Waals surface area contributed by atoms with Crippen molar-refractivity contribution < 1.29 is 9.59 Å². The summed E-state index contributed by atoms with van der Waals surface area (Å²) < 4.78 is 0. The molecule has 2 N–H and O–H groups in total. The number of rotatable bonds is 11. The number of benzene rings is 4. The fraction of sp³-hybridized carbons (Fsp3) is 0.229. The Morgan fingerprint density at radius 3 is 1.98 bits per heavy atom. The summed E-state index contributed by atoms with van der Waals surface area (Å²) in [5.74, 6) is 0.0632. The van der Waals surface area contributed by atoms with Gasteiger partial charge in [-0.1, -0.05) is 123 Å². The third kappa shape index (κ3) is 5.46. The highest BCUT2D eigenvalue weighted by atomic mass is 16.2. The first kappa shape index (κ1) is 27.1. The van der Waals surface area contributed by atoms with Gasteiger partial charge in [0.15, 0.2) is 17.3 Å². The predicted molar refractivity (Wildman–Crippen MR) is 160 cm³/mol. The second-order valence-electron chi connectivity index (χ2n) is 10.4. The Kier molecular flexibility index (Phi) is 8.20. The van der Waals surface area contributed by atoms with E-state index < -0.39 is 5.54 Å². The van der Waals surface area contributed by atoms with E-state index in [-0.39, 0.29) is 30.1 Å². The van der Waals surface area contributed by atoms with E-state index in [1.54, 1.807) is 0 Å². The van der Waals surface area contributed by atoms with E-state index in [4.69, 9.17) is 10.7 Å². The molecule has 1 heterocycles. The van der Waals surface area contributed by atoms with Gasteiger partial charge in [0.2, 0.25) is 0 Å². The summed E-state index contributed by atoms with van der Waals surface area (Å²) in [5, 5.41) is 0. The smallest absolute Gasteiger partial charge is 0.266 e. The minimum absolute atomic E-state index is 0.0516. The van der Waals surface area contributed by atoms with Gasteiger partial charge in [-0.15, -0.1) is 0 Å². The molecular weight excluding hydrogens is 494 g/mol. The molecule has 0 bridgehead atoms. The van der Waals surface area contributed by atoms with Crippen molar-refractivity contribution in [3.05, 3.63) is 143 Å². The van der Waals surface area contributed by atoms with Crippen LogP contribution in [0.15, 0.2) is 120 Å². The van der Waals surface area contributed by atoms with Crippen LogP contribution in [0.4, 0.5) is 0 Å². The molecular formula is C35H35N3O2. The molecule has 0 aromatic heterocycles. The number of hydrogen-bond acceptors (Lipinski definition) is 4. The lowest BCUT2D eigenvalue weighted by molar-refractivity contribution is -0.130. The first-order valence-corrected chi connectivity index (χ1v) is 14.0. The summed E-state index contributed by atoms with van der Waals surface area (Å²) in [4.78, 5) is 34.1. The van der Waals surface area contributed by atoms with Gasteiger partial charge in [0.1, 0.15) is 0 Å². The maximum Gasteiger partial charge on any atom is 0.266 e. The summed E-state index contributed by atoms with van der Waals surface area (Å²) in [6.45, 7) is 2.35. The van der Waals surface area contributed by atoms with E-state index >= 15 is 0 Å². The highest BCUT2D eigenvalue weighted by Gasteiger charge is 2.50. The Morgan fingerprint density at radius 2 is 1.38 bits per heavy atom. The molecule has 1 aliphatic rings. The van der Waals surface area contributed by atoms with Crippen molar-refractivity contribution in [2.45, 2.75) is 44.7 Å². The summed E-state index contributed by atoms with van der Waals surface area (Å²) in [6.07, 6.45) is 3.47. The van der Waals surface area contributed by atoms with Crippen molar-refractivity contribution in [2.24, 2.45) is 16.6 Å². The highest BCUT2D eigenvalue weighted by Crippen LogP contribution is 2.40. The lowest BCUT2D eigenvalue weighted by atomic mass is 9.83. The van der Waals surface area contributed by atoms with Gasteiger partial charge in [0.05, 0.1) is 6.54 Å². The number of Topliss-reactive ketones (excluding diaryl/α,β-unsaturated/α-hetero) is 1. The van der Waals surface area contributed by atoms with Crippen LogP contribution in [-0.4, -0.2) is 22.5 Å². The van der Waals surface area contributed by atoms with Gasteiger partial charge in [0.25, 0.3) is 5.91 Å². The summed E-state index contributed by atoms with van der Waals surface area (Å²) in [7, 11) is 0. The number of carbonyl (C=O) groups is 2. The molecule has 5 nitrogen and oxygen atoms in total. The minimum Gasteiger partial charge on any atom is -0.369 e. The summed E-state index contributed by atoms with van der Waals surface area (Å²) in [5.41, 5.74) is 9.47. The second kappa shape index (κ2) is 12.1. The molecule has 5 heteroatoms. The van der Waals surface area contributed by atoms with Crippen molar-refractivity contribution in [1.29, 1.82) is 0 Å². The number of ketones is 1. The number of amides is 1. The highest BCUT2D eigenvalue weighted by molar-refractivity contribution is 6.09. The fourth-order valence-electron chi connectivity index (χ4n) is 5.62. The number of nitrogens with zero attached hydrogens (tertiary/aromatic N) is 2. The van der Waals surface area contributed by atoms with Crippen molar-refractivity contribution in [3.63, 3.8) is 0 Å². The maximum absolute atomic E-state index is 14.1. The van der Waals surface area contributed by atoms with Gasteiger partial charge < -0.3 is 5.73 Å².